The molecule has 32 heavy (non-hydrogen) atoms. The van der Waals surface area contributed by atoms with Crippen molar-refractivity contribution in [1.29, 1.82) is 0 Å². The van der Waals surface area contributed by atoms with E-state index < -0.39 is 11.8 Å². The second-order valence-corrected chi connectivity index (χ2v) is 9.23. The number of carbonyl (C=O) groups is 4. The lowest BCUT2D eigenvalue weighted by Crippen LogP contribution is -2.14. The van der Waals surface area contributed by atoms with E-state index in [-0.39, 0.29) is 37.5 Å². The summed E-state index contributed by atoms with van der Waals surface area (Å²) in [7, 11) is 3.15. The minimum atomic E-state index is -0.409. The third-order valence-corrected chi connectivity index (χ3v) is 6.58. The van der Waals surface area contributed by atoms with Crippen LogP contribution in [0.5, 0.6) is 0 Å². The molecule has 2 rings (SSSR count). The van der Waals surface area contributed by atoms with Crippen LogP contribution in [-0.4, -0.2) is 23.6 Å². The quantitative estimate of drug-likeness (QED) is 0.326. The van der Waals surface area contributed by atoms with E-state index in [0.717, 1.165) is 9.79 Å². The lowest BCUT2D eigenvalue weighted by molar-refractivity contribution is -0.120. The van der Waals surface area contributed by atoms with Gasteiger partial charge in [0, 0.05) is 46.8 Å². The predicted octanol–water partition coefficient (Wildman–Crippen LogP) is 3.67. The van der Waals surface area contributed by atoms with Crippen LogP contribution in [0.25, 0.3) is 0 Å². The number of amides is 4. The summed E-state index contributed by atoms with van der Waals surface area (Å²) in [4.78, 5) is 47.2. The van der Waals surface area contributed by atoms with E-state index in [4.69, 9.17) is 11.5 Å². The summed E-state index contributed by atoms with van der Waals surface area (Å²) in [6.45, 7) is 0. The second-order valence-electron chi connectivity index (χ2n) is 6.95. The number of nitrogens with one attached hydrogen (secondary N) is 2. The summed E-state index contributed by atoms with van der Waals surface area (Å²) >= 11 is 0. The molecule has 2 aromatic rings. The Morgan fingerprint density at radius 1 is 0.594 bits per heavy atom. The van der Waals surface area contributed by atoms with Gasteiger partial charge in [0.2, 0.25) is 23.6 Å². The van der Waals surface area contributed by atoms with Crippen LogP contribution in [0.1, 0.15) is 38.5 Å². The molecular weight excluding hydrogens is 448 g/mol. The molecule has 0 radical (unpaired) electrons. The molecular formula is C22H26N4O4S2. The molecule has 0 saturated carbocycles. The van der Waals surface area contributed by atoms with Crippen molar-refractivity contribution in [2.75, 3.05) is 10.6 Å². The highest BCUT2D eigenvalue weighted by molar-refractivity contribution is 8.76. The lowest BCUT2D eigenvalue weighted by Gasteiger charge is -2.07. The van der Waals surface area contributed by atoms with Gasteiger partial charge in [0.25, 0.3) is 0 Å². The summed E-state index contributed by atoms with van der Waals surface area (Å²) < 4.78 is 0. The Bertz CT molecular complexity index is 856. The molecule has 170 valence electrons. The summed E-state index contributed by atoms with van der Waals surface area (Å²) in [6, 6.07) is 15.0. The maximum Gasteiger partial charge on any atom is 0.224 e. The Kier molecular flexibility index (Phi) is 10.6. The first-order chi connectivity index (χ1) is 15.3. The van der Waals surface area contributed by atoms with Crippen LogP contribution in [0.4, 0.5) is 11.4 Å². The fourth-order valence-electron chi connectivity index (χ4n) is 2.58. The lowest BCUT2D eigenvalue weighted by atomic mass is 10.2. The molecule has 0 aliphatic heterocycles. The minimum absolute atomic E-state index is 0.152. The third kappa shape index (κ3) is 10.4. The van der Waals surface area contributed by atoms with Crippen molar-refractivity contribution in [3.8, 4) is 0 Å². The third-order valence-electron chi connectivity index (χ3n) is 4.16. The highest BCUT2D eigenvalue weighted by Crippen LogP contribution is 2.38. The average Bonchev–Trinajstić information content (AvgIpc) is 2.73. The summed E-state index contributed by atoms with van der Waals surface area (Å²) in [5, 5.41) is 5.58. The van der Waals surface area contributed by atoms with Crippen LogP contribution < -0.4 is 22.1 Å². The van der Waals surface area contributed by atoms with Crippen molar-refractivity contribution < 1.29 is 19.2 Å². The van der Waals surface area contributed by atoms with E-state index in [9.17, 15) is 19.2 Å². The maximum absolute atomic E-state index is 11.8. The molecule has 0 fully saturated rings. The van der Waals surface area contributed by atoms with E-state index in [1.807, 2.05) is 48.5 Å². The highest BCUT2D eigenvalue weighted by Gasteiger charge is 2.06. The Morgan fingerprint density at radius 3 is 1.25 bits per heavy atom. The van der Waals surface area contributed by atoms with Crippen molar-refractivity contribution in [3.05, 3.63) is 48.5 Å². The van der Waals surface area contributed by atoms with Crippen LogP contribution in [0.3, 0.4) is 0 Å². The SMILES string of the molecule is NC(=O)CCCC(=O)Nc1ccc(SSc2ccc(NC(=O)CCCC(N)=O)cc2)cc1. The Hall–Kier alpha value is -2.98. The first-order valence-corrected chi connectivity index (χ1v) is 12.2. The largest absolute Gasteiger partial charge is 0.370 e. The number of hydrogen-bond donors (Lipinski definition) is 4. The summed E-state index contributed by atoms with van der Waals surface area (Å²) in [6.07, 6.45) is 1.76. The number of carbonyl (C=O) groups excluding carboxylic acids is 4. The Balaban J connectivity index is 1.74. The minimum Gasteiger partial charge on any atom is -0.370 e. The van der Waals surface area contributed by atoms with Gasteiger partial charge < -0.3 is 22.1 Å². The zero-order valence-corrected chi connectivity index (χ0v) is 19.1. The van der Waals surface area contributed by atoms with Gasteiger partial charge in [-0.1, -0.05) is 21.6 Å². The molecule has 4 amide bonds. The van der Waals surface area contributed by atoms with E-state index in [1.54, 1.807) is 21.6 Å². The molecule has 0 bridgehead atoms. The van der Waals surface area contributed by atoms with Gasteiger partial charge in [-0.05, 0) is 61.4 Å². The van der Waals surface area contributed by atoms with Crippen LogP contribution in [0, 0.1) is 0 Å². The molecule has 0 aromatic heterocycles. The van der Waals surface area contributed by atoms with Crippen molar-refractivity contribution in [2.24, 2.45) is 11.5 Å². The van der Waals surface area contributed by atoms with E-state index in [0.29, 0.717) is 24.2 Å². The number of hydrogen-bond acceptors (Lipinski definition) is 6. The standard InChI is InChI=1S/C22H26N4O4S2/c23-19(27)3-1-5-21(29)25-15-7-11-17(12-8-15)31-32-18-13-9-16(10-14-18)26-22(30)6-2-4-20(24)28/h7-14H,1-6H2,(H2,23,27)(H2,24,28)(H,25,29)(H,26,30). The van der Waals surface area contributed by atoms with Crippen LogP contribution in [0.2, 0.25) is 0 Å². The van der Waals surface area contributed by atoms with Gasteiger partial charge in [-0.3, -0.25) is 19.2 Å². The molecule has 10 heteroatoms. The van der Waals surface area contributed by atoms with Crippen molar-refractivity contribution in [2.45, 2.75) is 48.3 Å². The number of primary amides is 2. The number of anilines is 2. The van der Waals surface area contributed by atoms with Crippen molar-refractivity contribution in [3.63, 3.8) is 0 Å². The van der Waals surface area contributed by atoms with Gasteiger partial charge in [0.05, 0.1) is 0 Å². The van der Waals surface area contributed by atoms with Gasteiger partial charge in [-0.15, -0.1) is 0 Å². The van der Waals surface area contributed by atoms with E-state index in [2.05, 4.69) is 10.6 Å². The van der Waals surface area contributed by atoms with Gasteiger partial charge in [-0.2, -0.15) is 0 Å². The van der Waals surface area contributed by atoms with Crippen molar-refractivity contribution in [1.82, 2.24) is 0 Å². The smallest absolute Gasteiger partial charge is 0.224 e. The monoisotopic (exact) mass is 474 g/mol. The van der Waals surface area contributed by atoms with Gasteiger partial charge >= 0.3 is 0 Å². The zero-order chi connectivity index (χ0) is 23.3. The first-order valence-electron chi connectivity index (χ1n) is 10.0. The van der Waals surface area contributed by atoms with Crippen LogP contribution in [-0.2, 0) is 19.2 Å². The first kappa shape index (κ1) is 25.3. The molecule has 0 aliphatic rings. The summed E-state index contributed by atoms with van der Waals surface area (Å²) in [5.41, 5.74) is 11.5. The molecule has 6 N–H and O–H groups in total. The predicted molar refractivity (Wildman–Crippen MR) is 128 cm³/mol. The molecule has 0 heterocycles. The average molecular weight is 475 g/mol. The fourth-order valence-corrected chi connectivity index (χ4v) is 4.51. The molecule has 0 atom stereocenters. The fraction of sp³-hybridized carbons (Fsp3) is 0.273. The zero-order valence-electron chi connectivity index (χ0n) is 17.5. The second kappa shape index (κ2) is 13.4. The number of rotatable bonds is 13. The summed E-state index contributed by atoms with van der Waals surface area (Å²) in [5.74, 6) is -1.12. The Labute approximate surface area is 194 Å². The van der Waals surface area contributed by atoms with Crippen LogP contribution >= 0.6 is 21.6 Å². The van der Waals surface area contributed by atoms with Gasteiger partial charge in [0.1, 0.15) is 0 Å². The molecule has 2 aromatic carbocycles. The normalized spacial score (nSPS) is 10.4. The van der Waals surface area contributed by atoms with E-state index in [1.165, 1.54) is 0 Å². The maximum atomic E-state index is 11.8. The molecule has 8 nitrogen and oxygen atoms in total. The van der Waals surface area contributed by atoms with Crippen LogP contribution in [0.15, 0.2) is 58.3 Å². The highest BCUT2D eigenvalue weighted by atomic mass is 33.1. The van der Waals surface area contributed by atoms with E-state index >= 15 is 0 Å². The Morgan fingerprint density at radius 2 is 0.938 bits per heavy atom. The van der Waals surface area contributed by atoms with Gasteiger partial charge in [-0.25, -0.2) is 0 Å². The van der Waals surface area contributed by atoms with Gasteiger partial charge in [0.15, 0.2) is 0 Å². The molecule has 0 unspecified atom stereocenters. The van der Waals surface area contributed by atoms with Crippen molar-refractivity contribution >= 4 is 56.6 Å². The number of benzene rings is 2. The topological polar surface area (TPSA) is 144 Å². The molecule has 0 saturated heterocycles. The molecule has 0 aliphatic carbocycles. The molecule has 0 spiro atoms. The number of nitrogens with two attached hydrogens (primary N) is 2.